The lowest BCUT2D eigenvalue weighted by atomic mass is 9.86. The molecule has 0 bridgehead atoms. The predicted octanol–water partition coefficient (Wildman–Crippen LogP) is 0.318. The van der Waals surface area contributed by atoms with Crippen LogP contribution < -0.4 is 11.1 Å². The fourth-order valence-corrected chi connectivity index (χ4v) is 2.05. The Morgan fingerprint density at radius 3 is 2.72 bits per heavy atom. The molecular formula is C12H23N3O3. The molecule has 1 fully saturated rings. The van der Waals surface area contributed by atoms with E-state index < -0.39 is 11.5 Å². The molecule has 0 spiro atoms. The van der Waals surface area contributed by atoms with Crippen LogP contribution >= 0.6 is 0 Å². The van der Waals surface area contributed by atoms with Crippen LogP contribution in [0, 0.1) is 5.41 Å². The van der Waals surface area contributed by atoms with Crippen LogP contribution in [-0.2, 0) is 9.53 Å². The molecule has 2 amide bonds. The number of hydrogen-bond acceptors (Lipinski definition) is 4. The van der Waals surface area contributed by atoms with Gasteiger partial charge in [0, 0.05) is 19.6 Å². The highest BCUT2D eigenvalue weighted by Crippen LogP contribution is 2.25. The normalized spacial score (nSPS) is 22.4. The van der Waals surface area contributed by atoms with E-state index in [2.05, 4.69) is 10.1 Å². The Morgan fingerprint density at radius 1 is 1.56 bits per heavy atom. The van der Waals surface area contributed by atoms with Gasteiger partial charge >= 0.3 is 6.09 Å². The second-order valence-corrected chi connectivity index (χ2v) is 4.99. The summed E-state index contributed by atoms with van der Waals surface area (Å²) < 4.78 is 4.54. The van der Waals surface area contributed by atoms with Gasteiger partial charge in [0.15, 0.2) is 0 Å². The van der Waals surface area contributed by atoms with Gasteiger partial charge in [0.2, 0.25) is 5.91 Å². The number of nitrogens with zero attached hydrogens (tertiary/aromatic N) is 1. The lowest BCUT2D eigenvalue weighted by Crippen LogP contribution is -2.46. The number of carbonyl (C=O) groups is 2. The standard InChI is InChI=1S/C12H23N3O3/c1-4-12(2,8-13)10(16)15-6-5-9(7-15)14-11(17)18-3/h9H,4-8,13H2,1-3H3,(H,14,17). The van der Waals surface area contributed by atoms with Gasteiger partial charge in [0.1, 0.15) is 0 Å². The maximum Gasteiger partial charge on any atom is 0.407 e. The zero-order chi connectivity index (χ0) is 13.8. The highest BCUT2D eigenvalue weighted by Gasteiger charge is 2.37. The number of amides is 2. The number of rotatable bonds is 4. The predicted molar refractivity (Wildman–Crippen MR) is 68.0 cm³/mol. The topological polar surface area (TPSA) is 84.7 Å². The Bertz CT molecular complexity index is 316. The summed E-state index contributed by atoms with van der Waals surface area (Å²) >= 11 is 0. The molecule has 1 heterocycles. The van der Waals surface area contributed by atoms with Crippen molar-refractivity contribution in [1.82, 2.24) is 10.2 Å². The van der Waals surface area contributed by atoms with Crippen LogP contribution in [0.25, 0.3) is 0 Å². The van der Waals surface area contributed by atoms with Gasteiger partial charge in [-0.3, -0.25) is 4.79 Å². The summed E-state index contributed by atoms with van der Waals surface area (Å²) in [7, 11) is 1.33. The smallest absolute Gasteiger partial charge is 0.407 e. The molecule has 1 rings (SSSR count). The van der Waals surface area contributed by atoms with Crippen LogP contribution in [0.15, 0.2) is 0 Å². The van der Waals surface area contributed by atoms with E-state index in [0.717, 1.165) is 6.42 Å². The van der Waals surface area contributed by atoms with Crippen LogP contribution in [-0.4, -0.2) is 49.7 Å². The second kappa shape index (κ2) is 6.04. The molecule has 0 radical (unpaired) electrons. The number of hydrogen-bond donors (Lipinski definition) is 2. The van der Waals surface area contributed by atoms with Gasteiger partial charge in [-0.05, 0) is 19.8 Å². The van der Waals surface area contributed by atoms with Gasteiger partial charge in [-0.15, -0.1) is 0 Å². The van der Waals surface area contributed by atoms with Gasteiger partial charge in [0.25, 0.3) is 0 Å². The minimum Gasteiger partial charge on any atom is -0.453 e. The molecule has 6 heteroatoms. The summed E-state index contributed by atoms with van der Waals surface area (Å²) in [6, 6.07) is -0.0275. The molecular weight excluding hydrogens is 234 g/mol. The van der Waals surface area contributed by atoms with Crippen molar-refractivity contribution in [3.63, 3.8) is 0 Å². The number of likely N-dealkylation sites (tertiary alicyclic amines) is 1. The molecule has 1 aliphatic heterocycles. The number of ether oxygens (including phenoxy) is 1. The highest BCUT2D eigenvalue weighted by atomic mass is 16.5. The van der Waals surface area contributed by atoms with Crippen molar-refractivity contribution in [1.29, 1.82) is 0 Å². The summed E-state index contributed by atoms with van der Waals surface area (Å²) in [6.45, 7) is 5.38. The van der Waals surface area contributed by atoms with E-state index >= 15 is 0 Å². The van der Waals surface area contributed by atoms with E-state index in [9.17, 15) is 9.59 Å². The Kier molecular flexibility index (Phi) is 4.95. The first-order valence-electron chi connectivity index (χ1n) is 6.30. The van der Waals surface area contributed by atoms with Gasteiger partial charge < -0.3 is 20.7 Å². The number of nitrogens with one attached hydrogen (secondary N) is 1. The van der Waals surface area contributed by atoms with E-state index in [1.807, 2.05) is 13.8 Å². The fourth-order valence-electron chi connectivity index (χ4n) is 2.05. The molecule has 1 aliphatic rings. The third kappa shape index (κ3) is 3.13. The molecule has 2 unspecified atom stereocenters. The molecule has 0 saturated carbocycles. The number of methoxy groups -OCH3 is 1. The van der Waals surface area contributed by atoms with Crippen LogP contribution in [0.2, 0.25) is 0 Å². The van der Waals surface area contributed by atoms with Gasteiger partial charge in [-0.25, -0.2) is 4.79 Å². The molecule has 0 aromatic carbocycles. The van der Waals surface area contributed by atoms with E-state index in [1.165, 1.54) is 7.11 Å². The zero-order valence-corrected chi connectivity index (χ0v) is 11.4. The molecule has 104 valence electrons. The van der Waals surface area contributed by atoms with Crippen molar-refractivity contribution >= 4 is 12.0 Å². The van der Waals surface area contributed by atoms with Crippen LogP contribution in [0.1, 0.15) is 26.7 Å². The van der Waals surface area contributed by atoms with Crippen molar-refractivity contribution in [2.45, 2.75) is 32.7 Å². The van der Waals surface area contributed by atoms with Crippen molar-refractivity contribution in [2.24, 2.45) is 11.1 Å². The van der Waals surface area contributed by atoms with Crippen molar-refractivity contribution in [3.05, 3.63) is 0 Å². The van der Waals surface area contributed by atoms with Crippen LogP contribution in [0.3, 0.4) is 0 Å². The van der Waals surface area contributed by atoms with Crippen molar-refractivity contribution in [2.75, 3.05) is 26.7 Å². The Balaban J connectivity index is 2.56. The SMILES string of the molecule is CCC(C)(CN)C(=O)N1CCC(NC(=O)OC)C1. The molecule has 0 aromatic heterocycles. The first kappa shape index (κ1) is 14.8. The number of carbonyl (C=O) groups excluding carboxylic acids is 2. The Labute approximate surface area is 108 Å². The summed E-state index contributed by atoms with van der Waals surface area (Å²) in [5.74, 6) is 0.0710. The monoisotopic (exact) mass is 257 g/mol. The molecule has 6 nitrogen and oxygen atoms in total. The minimum absolute atomic E-state index is 0.0275. The van der Waals surface area contributed by atoms with Crippen LogP contribution in [0.5, 0.6) is 0 Å². The average Bonchev–Trinajstić information content (AvgIpc) is 2.85. The maximum absolute atomic E-state index is 12.3. The summed E-state index contributed by atoms with van der Waals surface area (Å²) in [5, 5.41) is 2.71. The quantitative estimate of drug-likeness (QED) is 0.759. The summed E-state index contributed by atoms with van der Waals surface area (Å²) in [6.07, 6.45) is 1.02. The second-order valence-electron chi connectivity index (χ2n) is 4.99. The molecule has 0 aromatic rings. The Morgan fingerprint density at radius 2 is 2.22 bits per heavy atom. The third-order valence-electron chi connectivity index (χ3n) is 3.73. The lowest BCUT2D eigenvalue weighted by Gasteiger charge is -2.30. The molecule has 3 N–H and O–H groups in total. The van der Waals surface area contributed by atoms with E-state index in [-0.39, 0.29) is 11.9 Å². The minimum atomic E-state index is -0.500. The molecule has 1 saturated heterocycles. The Hall–Kier alpha value is -1.30. The molecule has 18 heavy (non-hydrogen) atoms. The van der Waals surface area contributed by atoms with E-state index in [0.29, 0.717) is 26.1 Å². The maximum atomic E-state index is 12.3. The third-order valence-corrected chi connectivity index (χ3v) is 3.73. The molecule has 2 atom stereocenters. The van der Waals surface area contributed by atoms with Gasteiger partial charge in [-0.1, -0.05) is 6.92 Å². The highest BCUT2D eigenvalue weighted by molar-refractivity contribution is 5.83. The summed E-state index contributed by atoms with van der Waals surface area (Å²) in [4.78, 5) is 25.2. The summed E-state index contributed by atoms with van der Waals surface area (Å²) in [5.41, 5.74) is 5.19. The lowest BCUT2D eigenvalue weighted by molar-refractivity contribution is -0.139. The van der Waals surface area contributed by atoms with E-state index in [1.54, 1.807) is 4.90 Å². The van der Waals surface area contributed by atoms with E-state index in [4.69, 9.17) is 5.73 Å². The van der Waals surface area contributed by atoms with Gasteiger partial charge in [-0.2, -0.15) is 0 Å². The van der Waals surface area contributed by atoms with Crippen molar-refractivity contribution < 1.29 is 14.3 Å². The number of nitrogens with two attached hydrogens (primary N) is 1. The van der Waals surface area contributed by atoms with Crippen LogP contribution in [0.4, 0.5) is 4.79 Å². The van der Waals surface area contributed by atoms with Crippen molar-refractivity contribution in [3.8, 4) is 0 Å². The van der Waals surface area contributed by atoms with Gasteiger partial charge in [0.05, 0.1) is 18.6 Å². The first-order chi connectivity index (χ1) is 8.46. The first-order valence-corrected chi connectivity index (χ1v) is 6.30. The fraction of sp³-hybridized carbons (Fsp3) is 0.833. The number of alkyl carbamates (subject to hydrolysis) is 1. The molecule has 0 aliphatic carbocycles. The largest absolute Gasteiger partial charge is 0.453 e. The zero-order valence-electron chi connectivity index (χ0n) is 11.4. The average molecular weight is 257 g/mol.